The van der Waals surface area contributed by atoms with Crippen molar-refractivity contribution in [3.8, 4) is 5.75 Å². The zero-order valence-electron chi connectivity index (χ0n) is 10.1. The SMILES string of the molecule is CC1CC(NCc2cc(Cl)ccc2OC(F)F)C1. The Balaban J connectivity index is 1.98. The second-order valence-corrected chi connectivity index (χ2v) is 5.22. The van der Waals surface area contributed by atoms with Gasteiger partial charge in [0.2, 0.25) is 0 Å². The Morgan fingerprint density at radius 2 is 2.17 bits per heavy atom. The van der Waals surface area contributed by atoms with E-state index in [0.29, 0.717) is 23.2 Å². The quantitative estimate of drug-likeness (QED) is 0.882. The molecule has 100 valence electrons. The highest BCUT2D eigenvalue weighted by atomic mass is 35.5. The predicted molar refractivity (Wildman–Crippen MR) is 67.1 cm³/mol. The maximum Gasteiger partial charge on any atom is 0.387 e. The Hall–Kier alpha value is -0.870. The topological polar surface area (TPSA) is 21.3 Å². The fourth-order valence-corrected chi connectivity index (χ4v) is 2.42. The van der Waals surface area contributed by atoms with Crippen LogP contribution in [0.4, 0.5) is 8.78 Å². The first-order chi connectivity index (χ1) is 8.54. The fourth-order valence-electron chi connectivity index (χ4n) is 2.22. The van der Waals surface area contributed by atoms with Crippen LogP contribution in [-0.2, 0) is 6.54 Å². The minimum atomic E-state index is -2.81. The van der Waals surface area contributed by atoms with Crippen LogP contribution in [0.1, 0.15) is 25.3 Å². The highest BCUT2D eigenvalue weighted by molar-refractivity contribution is 6.30. The zero-order valence-corrected chi connectivity index (χ0v) is 10.9. The summed E-state index contributed by atoms with van der Waals surface area (Å²) in [6.45, 7) is -0.114. The first-order valence-corrected chi connectivity index (χ1v) is 6.39. The van der Waals surface area contributed by atoms with Crippen molar-refractivity contribution in [2.45, 2.75) is 39.0 Å². The Morgan fingerprint density at radius 1 is 1.44 bits per heavy atom. The van der Waals surface area contributed by atoms with Crippen LogP contribution in [0.3, 0.4) is 0 Å². The molecule has 1 fully saturated rings. The molecule has 0 aliphatic heterocycles. The van der Waals surface area contributed by atoms with Crippen LogP contribution in [0.15, 0.2) is 18.2 Å². The largest absolute Gasteiger partial charge is 0.434 e. The third-order valence-electron chi connectivity index (χ3n) is 3.19. The molecule has 0 heterocycles. The Morgan fingerprint density at radius 3 is 2.78 bits per heavy atom. The number of benzene rings is 1. The molecule has 0 unspecified atom stereocenters. The summed E-state index contributed by atoms with van der Waals surface area (Å²) in [5.74, 6) is 0.938. The lowest BCUT2D eigenvalue weighted by Gasteiger charge is -2.33. The molecule has 1 aliphatic carbocycles. The van der Waals surface area contributed by atoms with Gasteiger partial charge in [0, 0.05) is 23.2 Å². The lowest BCUT2D eigenvalue weighted by molar-refractivity contribution is -0.0505. The van der Waals surface area contributed by atoms with E-state index >= 15 is 0 Å². The molecule has 0 spiro atoms. The van der Waals surface area contributed by atoms with Crippen LogP contribution in [0.5, 0.6) is 5.75 Å². The molecule has 1 aliphatic rings. The van der Waals surface area contributed by atoms with Gasteiger partial charge >= 0.3 is 6.61 Å². The summed E-state index contributed by atoms with van der Waals surface area (Å²) >= 11 is 5.87. The maximum atomic E-state index is 12.3. The molecule has 0 radical (unpaired) electrons. The van der Waals surface area contributed by atoms with E-state index in [1.165, 1.54) is 6.07 Å². The molecule has 18 heavy (non-hydrogen) atoms. The van der Waals surface area contributed by atoms with Gasteiger partial charge < -0.3 is 10.1 Å². The van der Waals surface area contributed by atoms with E-state index in [1.807, 2.05) is 0 Å². The summed E-state index contributed by atoms with van der Waals surface area (Å²) < 4.78 is 29.0. The van der Waals surface area contributed by atoms with Crippen LogP contribution < -0.4 is 10.1 Å². The van der Waals surface area contributed by atoms with Crippen LogP contribution in [0.2, 0.25) is 5.02 Å². The van der Waals surface area contributed by atoms with E-state index in [0.717, 1.165) is 18.8 Å². The minimum Gasteiger partial charge on any atom is -0.434 e. The molecule has 5 heteroatoms. The lowest BCUT2D eigenvalue weighted by Crippen LogP contribution is -2.39. The van der Waals surface area contributed by atoms with Gasteiger partial charge in [0.05, 0.1) is 0 Å². The average molecular weight is 276 g/mol. The third-order valence-corrected chi connectivity index (χ3v) is 3.43. The number of rotatable bonds is 5. The fraction of sp³-hybridized carbons (Fsp3) is 0.538. The standard InChI is InChI=1S/C13H16ClF2NO/c1-8-4-11(5-8)17-7-9-6-10(14)2-3-12(9)18-13(15)16/h2-3,6,8,11,13,17H,4-5,7H2,1H3. The summed E-state index contributed by atoms with van der Waals surface area (Å²) in [6, 6.07) is 5.16. The van der Waals surface area contributed by atoms with Gasteiger partial charge in [-0.15, -0.1) is 0 Å². The summed E-state index contributed by atoms with van der Waals surface area (Å²) in [5.41, 5.74) is 0.669. The predicted octanol–water partition coefficient (Wildman–Crippen LogP) is 3.83. The van der Waals surface area contributed by atoms with Crippen LogP contribution in [-0.4, -0.2) is 12.7 Å². The van der Waals surface area contributed by atoms with Gasteiger partial charge in [-0.2, -0.15) is 8.78 Å². The summed E-state index contributed by atoms with van der Waals surface area (Å²) in [6.07, 6.45) is 2.26. The Bertz CT molecular complexity index is 408. The Kier molecular flexibility index (Phi) is 4.40. The summed E-state index contributed by atoms with van der Waals surface area (Å²) in [7, 11) is 0. The smallest absolute Gasteiger partial charge is 0.387 e. The molecule has 0 atom stereocenters. The summed E-state index contributed by atoms with van der Waals surface area (Å²) in [5, 5.41) is 3.85. The number of hydrogen-bond donors (Lipinski definition) is 1. The highest BCUT2D eigenvalue weighted by Gasteiger charge is 2.24. The second kappa shape index (κ2) is 5.85. The number of alkyl halides is 2. The molecule has 1 aromatic rings. The van der Waals surface area contributed by atoms with Crippen molar-refractivity contribution in [2.75, 3.05) is 0 Å². The first kappa shape index (κ1) is 13.6. The summed E-state index contributed by atoms with van der Waals surface area (Å²) in [4.78, 5) is 0. The van der Waals surface area contributed by atoms with E-state index in [9.17, 15) is 8.78 Å². The molecular weight excluding hydrogens is 260 g/mol. The van der Waals surface area contributed by atoms with E-state index in [2.05, 4.69) is 17.0 Å². The molecule has 0 saturated heterocycles. The van der Waals surface area contributed by atoms with Crippen molar-refractivity contribution < 1.29 is 13.5 Å². The average Bonchev–Trinajstić information content (AvgIpc) is 2.25. The lowest BCUT2D eigenvalue weighted by atomic mass is 9.82. The van der Waals surface area contributed by atoms with E-state index in [-0.39, 0.29) is 5.75 Å². The third kappa shape index (κ3) is 3.56. The zero-order chi connectivity index (χ0) is 13.1. The van der Waals surface area contributed by atoms with Gasteiger partial charge in [0.15, 0.2) is 0 Å². The van der Waals surface area contributed by atoms with Crippen molar-refractivity contribution in [1.82, 2.24) is 5.32 Å². The van der Waals surface area contributed by atoms with Gasteiger partial charge in [-0.05, 0) is 37.0 Å². The van der Waals surface area contributed by atoms with Gasteiger partial charge in [0.1, 0.15) is 5.75 Å². The van der Waals surface area contributed by atoms with Gasteiger partial charge in [0.25, 0.3) is 0 Å². The molecule has 1 saturated carbocycles. The molecule has 1 aromatic carbocycles. The molecule has 1 N–H and O–H groups in total. The van der Waals surface area contributed by atoms with Crippen molar-refractivity contribution in [1.29, 1.82) is 0 Å². The molecule has 0 aromatic heterocycles. The second-order valence-electron chi connectivity index (χ2n) is 4.78. The van der Waals surface area contributed by atoms with E-state index in [4.69, 9.17) is 11.6 Å². The van der Waals surface area contributed by atoms with Crippen molar-refractivity contribution in [2.24, 2.45) is 5.92 Å². The number of nitrogens with one attached hydrogen (secondary N) is 1. The van der Waals surface area contributed by atoms with Crippen molar-refractivity contribution in [3.63, 3.8) is 0 Å². The molecule has 2 rings (SSSR count). The minimum absolute atomic E-state index is 0.189. The molecule has 0 bridgehead atoms. The van der Waals surface area contributed by atoms with Crippen molar-refractivity contribution >= 4 is 11.6 Å². The van der Waals surface area contributed by atoms with Crippen molar-refractivity contribution in [3.05, 3.63) is 28.8 Å². The normalized spacial score (nSPS) is 22.9. The van der Waals surface area contributed by atoms with Gasteiger partial charge in [-0.25, -0.2) is 0 Å². The van der Waals surface area contributed by atoms with Crippen LogP contribution in [0.25, 0.3) is 0 Å². The van der Waals surface area contributed by atoms with Gasteiger partial charge in [-0.3, -0.25) is 0 Å². The van der Waals surface area contributed by atoms with E-state index in [1.54, 1.807) is 12.1 Å². The Labute approximate surface area is 110 Å². The number of hydrogen-bond acceptors (Lipinski definition) is 2. The molecule has 2 nitrogen and oxygen atoms in total. The monoisotopic (exact) mass is 275 g/mol. The van der Waals surface area contributed by atoms with Gasteiger partial charge in [-0.1, -0.05) is 18.5 Å². The highest BCUT2D eigenvalue weighted by Crippen LogP contribution is 2.28. The first-order valence-electron chi connectivity index (χ1n) is 6.01. The maximum absolute atomic E-state index is 12.3. The molecular formula is C13H16ClF2NO. The van der Waals surface area contributed by atoms with Crippen LogP contribution in [0, 0.1) is 5.92 Å². The van der Waals surface area contributed by atoms with Crippen LogP contribution >= 0.6 is 11.6 Å². The number of ether oxygens (including phenoxy) is 1. The number of halogens is 3. The molecule has 0 amide bonds. The van der Waals surface area contributed by atoms with E-state index < -0.39 is 6.61 Å².